The Bertz CT molecular complexity index is 813. The van der Waals surface area contributed by atoms with E-state index in [1.807, 2.05) is 12.1 Å². The molecule has 0 bridgehead atoms. The number of nitrogens with one attached hydrogen (secondary N) is 1. The van der Waals surface area contributed by atoms with Gasteiger partial charge in [0.1, 0.15) is 5.52 Å². The maximum Gasteiger partial charge on any atom is 0.223 e. The molecular formula is C19H26N4O3S. The zero-order chi connectivity index (χ0) is 18.8. The van der Waals surface area contributed by atoms with Crippen molar-refractivity contribution in [2.75, 3.05) is 58.4 Å². The Kier molecular flexibility index (Phi) is 5.36. The lowest BCUT2D eigenvalue weighted by Gasteiger charge is -2.34. The average Bonchev–Trinajstić information content (AvgIpc) is 3.46. The van der Waals surface area contributed by atoms with E-state index in [1.165, 1.54) is 0 Å². The summed E-state index contributed by atoms with van der Waals surface area (Å²) in [6.07, 6.45) is 2.12. The number of hydrogen-bond donors (Lipinski definition) is 1. The van der Waals surface area contributed by atoms with Crippen LogP contribution in [-0.2, 0) is 4.79 Å². The lowest BCUT2D eigenvalue weighted by atomic mass is 10.3. The van der Waals surface area contributed by atoms with Crippen LogP contribution >= 0.6 is 11.3 Å². The van der Waals surface area contributed by atoms with E-state index in [4.69, 9.17) is 14.5 Å². The summed E-state index contributed by atoms with van der Waals surface area (Å²) < 4.78 is 12.0. The maximum atomic E-state index is 11.7. The van der Waals surface area contributed by atoms with Gasteiger partial charge in [-0.15, -0.1) is 0 Å². The van der Waals surface area contributed by atoms with Crippen molar-refractivity contribution in [3.63, 3.8) is 0 Å². The van der Waals surface area contributed by atoms with Gasteiger partial charge < -0.3 is 19.7 Å². The molecule has 1 N–H and O–H groups in total. The highest BCUT2D eigenvalue weighted by Crippen LogP contribution is 2.40. The Labute approximate surface area is 163 Å². The van der Waals surface area contributed by atoms with Gasteiger partial charge in [0.2, 0.25) is 5.91 Å². The summed E-state index contributed by atoms with van der Waals surface area (Å²) in [4.78, 5) is 21.3. The quantitative estimate of drug-likeness (QED) is 0.780. The van der Waals surface area contributed by atoms with Crippen LogP contribution in [0.1, 0.15) is 12.8 Å². The molecule has 1 aromatic carbocycles. The molecule has 27 heavy (non-hydrogen) atoms. The summed E-state index contributed by atoms with van der Waals surface area (Å²) in [5, 5.41) is 4.07. The zero-order valence-electron chi connectivity index (χ0n) is 15.9. The van der Waals surface area contributed by atoms with Gasteiger partial charge in [-0.3, -0.25) is 9.69 Å². The molecule has 1 saturated carbocycles. The first-order valence-corrected chi connectivity index (χ1v) is 10.3. The third kappa shape index (κ3) is 3.96. The number of thiazole rings is 1. The molecule has 1 aliphatic carbocycles. The minimum absolute atomic E-state index is 0.229. The van der Waals surface area contributed by atoms with Crippen LogP contribution in [0.2, 0.25) is 0 Å². The number of benzene rings is 1. The molecule has 0 radical (unpaired) electrons. The summed E-state index contributed by atoms with van der Waals surface area (Å²) in [5.41, 5.74) is 0.863. The number of piperazine rings is 1. The standard InChI is InChI=1S/C19H26N4O3S/c1-25-14-5-6-15-16(17(14)26-2)21-19(27-15)23-11-9-22(10-12-23)8-7-20-18(24)13-3-4-13/h5-6,13H,3-4,7-12H2,1-2H3,(H,20,24). The molecule has 0 unspecified atom stereocenters. The third-order valence-corrected chi connectivity index (χ3v) is 6.29. The van der Waals surface area contributed by atoms with Crippen molar-refractivity contribution in [3.8, 4) is 11.5 Å². The number of nitrogens with zero attached hydrogens (tertiary/aromatic N) is 3. The Morgan fingerprint density at radius 3 is 2.67 bits per heavy atom. The Morgan fingerprint density at radius 2 is 2.00 bits per heavy atom. The molecule has 1 amide bonds. The topological polar surface area (TPSA) is 66.9 Å². The van der Waals surface area contributed by atoms with Crippen molar-refractivity contribution in [2.24, 2.45) is 5.92 Å². The fourth-order valence-corrected chi connectivity index (χ4v) is 4.44. The number of rotatable bonds is 7. The molecule has 0 spiro atoms. The van der Waals surface area contributed by atoms with Gasteiger partial charge in [-0.25, -0.2) is 4.98 Å². The van der Waals surface area contributed by atoms with Crippen LogP contribution < -0.4 is 19.7 Å². The van der Waals surface area contributed by atoms with Crippen molar-refractivity contribution in [1.29, 1.82) is 0 Å². The molecule has 2 aromatic rings. The van der Waals surface area contributed by atoms with E-state index in [0.717, 1.165) is 67.5 Å². The monoisotopic (exact) mass is 390 g/mol. The lowest BCUT2D eigenvalue weighted by molar-refractivity contribution is -0.122. The lowest BCUT2D eigenvalue weighted by Crippen LogP contribution is -2.48. The molecule has 1 aromatic heterocycles. The van der Waals surface area contributed by atoms with Gasteiger partial charge in [-0.2, -0.15) is 0 Å². The number of carbonyl (C=O) groups is 1. The van der Waals surface area contributed by atoms with E-state index < -0.39 is 0 Å². The molecule has 2 heterocycles. The van der Waals surface area contributed by atoms with Gasteiger partial charge in [-0.05, 0) is 25.0 Å². The van der Waals surface area contributed by atoms with Crippen molar-refractivity contribution in [2.45, 2.75) is 12.8 Å². The summed E-state index contributed by atoms with van der Waals surface area (Å²) in [6, 6.07) is 3.97. The van der Waals surface area contributed by atoms with Crippen LogP contribution in [0, 0.1) is 5.92 Å². The van der Waals surface area contributed by atoms with Gasteiger partial charge in [-0.1, -0.05) is 11.3 Å². The number of amides is 1. The fourth-order valence-electron chi connectivity index (χ4n) is 3.42. The molecule has 146 valence electrons. The van der Waals surface area contributed by atoms with E-state index >= 15 is 0 Å². The van der Waals surface area contributed by atoms with E-state index in [1.54, 1.807) is 25.6 Å². The number of methoxy groups -OCH3 is 2. The van der Waals surface area contributed by atoms with Crippen LogP contribution in [-0.4, -0.2) is 69.3 Å². The number of hydrogen-bond acceptors (Lipinski definition) is 7. The normalized spacial score (nSPS) is 17.9. The molecule has 2 aliphatic rings. The SMILES string of the molecule is COc1ccc2sc(N3CCN(CCNC(=O)C4CC4)CC3)nc2c1OC. The van der Waals surface area contributed by atoms with Crippen molar-refractivity contribution < 1.29 is 14.3 Å². The summed E-state index contributed by atoms with van der Waals surface area (Å²) in [7, 11) is 3.29. The average molecular weight is 391 g/mol. The predicted octanol–water partition coefficient (Wildman–Crippen LogP) is 1.96. The second-order valence-electron chi connectivity index (χ2n) is 7.04. The second kappa shape index (κ2) is 7.90. The summed E-state index contributed by atoms with van der Waals surface area (Å²) in [5.74, 6) is 1.92. The van der Waals surface area contributed by atoms with Gasteiger partial charge in [0.25, 0.3) is 0 Å². The van der Waals surface area contributed by atoms with Gasteiger partial charge >= 0.3 is 0 Å². The first-order chi connectivity index (χ1) is 13.2. The van der Waals surface area contributed by atoms with Gasteiger partial charge in [0.15, 0.2) is 16.6 Å². The van der Waals surface area contributed by atoms with E-state index in [2.05, 4.69) is 15.1 Å². The fraction of sp³-hybridized carbons (Fsp3) is 0.579. The van der Waals surface area contributed by atoms with E-state index in [0.29, 0.717) is 11.5 Å². The number of aromatic nitrogens is 1. The Balaban J connectivity index is 1.34. The minimum atomic E-state index is 0.229. The molecule has 1 saturated heterocycles. The Morgan fingerprint density at radius 1 is 1.22 bits per heavy atom. The molecule has 8 heteroatoms. The molecule has 4 rings (SSSR count). The molecule has 1 aliphatic heterocycles. The van der Waals surface area contributed by atoms with Gasteiger partial charge in [0.05, 0.1) is 18.9 Å². The second-order valence-corrected chi connectivity index (χ2v) is 8.05. The van der Waals surface area contributed by atoms with Crippen molar-refractivity contribution in [3.05, 3.63) is 12.1 Å². The van der Waals surface area contributed by atoms with Crippen LogP contribution in [0.25, 0.3) is 10.2 Å². The number of fused-ring (bicyclic) bond motifs is 1. The largest absolute Gasteiger partial charge is 0.493 e. The summed E-state index contributed by atoms with van der Waals surface area (Å²) >= 11 is 1.69. The van der Waals surface area contributed by atoms with Crippen LogP contribution in [0.4, 0.5) is 5.13 Å². The van der Waals surface area contributed by atoms with Crippen LogP contribution in [0.5, 0.6) is 11.5 Å². The summed E-state index contributed by atoms with van der Waals surface area (Å²) in [6.45, 7) is 5.50. The Hall–Kier alpha value is -2.06. The number of anilines is 1. The smallest absolute Gasteiger partial charge is 0.223 e. The zero-order valence-corrected chi connectivity index (χ0v) is 16.7. The molecule has 0 atom stereocenters. The first kappa shape index (κ1) is 18.3. The number of carbonyl (C=O) groups excluding carboxylic acids is 1. The van der Waals surface area contributed by atoms with Crippen molar-refractivity contribution >= 4 is 32.6 Å². The molecular weight excluding hydrogens is 364 g/mol. The highest BCUT2D eigenvalue weighted by atomic mass is 32.1. The minimum Gasteiger partial charge on any atom is -0.493 e. The highest BCUT2D eigenvalue weighted by molar-refractivity contribution is 7.22. The van der Waals surface area contributed by atoms with Crippen molar-refractivity contribution in [1.82, 2.24) is 15.2 Å². The molecule has 2 fully saturated rings. The number of ether oxygens (including phenoxy) is 2. The first-order valence-electron chi connectivity index (χ1n) is 9.46. The molecule has 7 nitrogen and oxygen atoms in total. The van der Waals surface area contributed by atoms with Crippen LogP contribution in [0.3, 0.4) is 0 Å². The van der Waals surface area contributed by atoms with E-state index in [-0.39, 0.29) is 11.8 Å². The predicted molar refractivity (Wildman–Crippen MR) is 107 cm³/mol. The van der Waals surface area contributed by atoms with E-state index in [9.17, 15) is 4.79 Å². The van der Waals surface area contributed by atoms with Crippen LogP contribution in [0.15, 0.2) is 12.1 Å². The highest BCUT2D eigenvalue weighted by Gasteiger charge is 2.29. The third-order valence-electron chi connectivity index (χ3n) is 5.21. The van der Waals surface area contributed by atoms with Gasteiger partial charge in [0, 0.05) is 45.2 Å². The maximum absolute atomic E-state index is 11.7.